The standard InChI is InChI=1S/C19H24N4O3S2/c1-10-15(11-7-8-11)21-13-6-4-5-12(13)16(10)22-18(24)23-28(26)14-9-20-17(27-14)19(2,3)25/h9,11,25,28H,4-8H2,1-3H3,(H,21,22,24). The third kappa shape index (κ3) is 3.83. The number of pyridine rings is 1. The van der Waals surface area contributed by atoms with E-state index in [1.54, 1.807) is 13.8 Å². The maximum Gasteiger partial charge on any atom is 0.353 e. The van der Waals surface area contributed by atoms with Gasteiger partial charge in [0.15, 0.2) is 0 Å². The minimum Gasteiger partial charge on any atom is -0.383 e. The van der Waals surface area contributed by atoms with Gasteiger partial charge in [-0.2, -0.15) is 0 Å². The summed E-state index contributed by atoms with van der Waals surface area (Å²) in [6, 6.07) is -0.621. The van der Waals surface area contributed by atoms with Gasteiger partial charge in [0.25, 0.3) is 0 Å². The molecule has 0 bridgehead atoms. The summed E-state index contributed by atoms with van der Waals surface area (Å²) in [5, 5.41) is 13.3. The monoisotopic (exact) mass is 420 g/mol. The molecule has 4 rings (SSSR count). The van der Waals surface area contributed by atoms with Crippen LogP contribution in [0.25, 0.3) is 0 Å². The zero-order valence-corrected chi connectivity index (χ0v) is 17.9. The molecular weight excluding hydrogens is 396 g/mol. The van der Waals surface area contributed by atoms with Crippen molar-refractivity contribution in [3.63, 3.8) is 0 Å². The Bertz CT molecular complexity index is 1030. The molecule has 2 N–H and O–H groups in total. The number of aliphatic hydroxyl groups is 1. The van der Waals surface area contributed by atoms with Gasteiger partial charge in [0.2, 0.25) is 0 Å². The maximum absolute atomic E-state index is 12.5. The van der Waals surface area contributed by atoms with E-state index in [0.717, 1.165) is 71.6 Å². The summed E-state index contributed by atoms with van der Waals surface area (Å²) in [6.07, 6.45) is 6.55. The number of rotatable bonds is 4. The SMILES string of the molecule is Cc1c(C2CC2)nc2c(c1NC(=O)/N=[SH](=O)/c1cnc(C(C)(C)O)s1)CCC2. The van der Waals surface area contributed by atoms with Crippen LogP contribution in [0.2, 0.25) is 0 Å². The van der Waals surface area contributed by atoms with Crippen molar-refractivity contribution < 1.29 is 14.1 Å². The van der Waals surface area contributed by atoms with Crippen LogP contribution in [0.15, 0.2) is 14.8 Å². The number of carbonyl (C=O) groups is 1. The number of nitrogens with zero attached hydrogens (tertiary/aromatic N) is 3. The quantitative estimate of drug-likeness (QED) is 0.654. The van der Waals surface area contributed by atoms with Gasteiger partial charge in [-0.1, -0.05) is 0 Å². The summed E-state index contributed by atoms with van der Waals surface area (Å²) >= 11 is 1.11. The van der Waals surface area contributed by atoms with Crippen LogP contribution in [-0.4, -0.2) is 25.3 Å². The average molecular weight is 421 g/mol. The number of thiazole rings is 1. The summed E-state index contributed by atoms with van der Waals surface area (Å²) in [7, 11) is -2.27. The first kappa shape index (κ1) is 19.5. The molecule has 0 radical (unpaired) electrons. The number of carbonyl (C=O) groups excluding carboxylic acids is 1. The molecule has 2 aromatic heterocycles. The number of thiol groups is 1. The molecule has 0 aliphatic heterocycles. The van der Waals surface area contributed by atoms with Crippen LogP contribution in [0.3, 0.4) is 0 Å². The van der Waals surface area contributed by atoms with E-state index in [0.29, 0.717) is 15.1 Å². The molecule has 0 saturated heterocycles. The molecular formula is C19H24N4O3S2. The number of hydrogen-bond donors (Lipinski definition) is 3. The van der Waals surface area contributed by atoms with Crippen molar-refractivity contribution in [1.82, 2.24) is 9.97 Å². The van der Waals surface area contributed by atoms with Crippen molar-refractivity contribution in [2.24, 2.45) is 4.36 Å². The van der Waals surface area contributed by atoms with Gasteiger partial charge in [-0.05, 0) is 64.0 Å². The van der Waals surface area contributed by atoms with E-state index in [1.807, 2.05) is 6.92 Å². The first-order chi connectivity index (χ1) is 13.2. The van der Waals surface area contributed by atoms with E-state index < -0.39 is 22.2 Å². The molecule has 1 saturated carbocycles. The van der Waals surface area contributed by atoms with E-state index in [1.165, 1.54) is 6.20 Å². The largest absolute Gasteiger partial charge is 0.383 e. The molecule has 9 heteroatoms. The minimum absolute atomic E-state index is 0.373. The Morgan fingerprint density at radius 2 is 2.14 bits per heavy atom. The van der Waals surface area contributed by atoms with Crippen molar-refractivity contribution in [1.29, 1.82) is 0 Å². The van der Waals surface area contributed by atoms with Crippen molar-refractivity contribution in [2.45, 2.75) is 68.6 Å². The van der Waals surface area contributed by atoms with Crippen LogP contribution in [0.5, 0.6) is 0 Å². The number of aryl methyl sites for hydroxylation is 1. The number of amides is 2. The molecule has 1 fully saturated rings. The topological polar surface area (TPSA) is 105 Å². The normalized spacial score (nSPS) is 17.6. The van der Waals surface area contributed by atoms with E-state index in [2.05, 4.69) is 14.7 Å². The fourth-order valence-corrected chi connectivity index (χ4v) is 5.35. The highest BCUT2D eigenvalue weighted by atomic mass is 32.2. The van der Waals surface area contributed by atoms with Crippen LogP contribution in [0.1, 0.15) is 66.6 Å². The van der Waals surface area contributed by atoms with Gasteiger partial charge in [0.1, 0.15) is 14.8 Å². The van der Waals surface area contributed by atoms with E-state index in [4.69, 9.17) is 4.98 Å². The highest BCUT2D eigenvalue weighted by Gasteiger charge is 2.31. The van der Waals surface area contributed by atoms with Gasteiger partial charge < -0.3 is 10.4 Å². The molecule has 28 heavy (non-hydrogen) atoms. The summed E-state index contributed by atoms with van der Waals surface area (Å²) in [5.74, 6) is 0.493. The third-order valence-electron chi connectivity index (χ3n) is 5.09. The first-order valence-corrected chi connectivity index (χ1v) is 11.5. The van der Waals surface area contributed by atoms with Crippen molar-refractivity contribution in [3.05, 3.63) is 33.7 Å². The summed E-state index contributed by atoms with van der Waals surface area (Å²) in [6.45, 7) is 5.21. The molecule has 2 heterocycles. The van der Waals surface area contributed by atoms with Crippen molar-refractivity contribution in [2.75, 3.05) is 5.32 Å². The molecule has 2 aliphatic carbocycles. The second kappa shape index (κ2) is 7.20. The second-order valence-electron chi connectivity index (χ2n) is 7.92. The molecule has 150 valence electrons. The lowest BCUT2D eigenvalue weighted by molar-refractivity contribution is 0.0783. The smallest absolute Gasteiger partial charge is 0.353 e. The van der Waals surface area contributed by atoms with E-state index in [9.17, 15) is 14.1 Å². The Kier molecular flexibility index (Phi) is 5.01. The maximum atomic E-state index is 12.5. The van der Waals surface area contributed by atoms with Crippen molar-refractivity contribution >= 4 is 33.7 Å². The van der Waals surface area contributed by atoms with Crippen LogP contribution in [0, 0.1) is 6.92 Å². The Labute approximate surface area is 169 Å². The fraction of sp³-hybridized carbons (Fsp3) is 0.526. The minimum atomic E-state index is -2.27. The third-order valence-corrected chi connectivity index (χ3v) is 7.80. The molecule has 2 amide bonds. The predicted molar refractivity (Wildman–Crippen MR) is 110 cm³/mol. The predicted octanol–water partition coefficient (Wildman–Crippen LogP) is 3.70. The fourth-order valence-electron chi connectivity index (χ4n) is 3.53. The van der Waals surface area contributed by atoms with Crippen LogP contribution in [0.4, 0.5) is 10.5 Å². The summed E-state index contributed by atoms with van der Waals surface area (Å²) < 4.78 is 16.7. The first-order valence-electron chi connectivity index (χ1n) is 9.45. The summed E-state index contributed by atoms with van der Waals surface area (Å²) in [5.41, 5.74) is 3.92. The number of aromatic nitrogens is 2. The van der Waals surface area contributed by atoms with Gasteiger partial charge in [0.05, 0.1) is 22.5 Å². The molecule has 2 aromatic rings. The van der Waals surface area contributed by atoms with Gasteiger partial charge >= 0.3 is 6.03 Å². The summed E-state index contributed by atoms with van der Waals surface area (Å²) in [4.78, 5) is 21.4. The lowest BCUT2D eigenvalue weighted by Gasteiger charge is -2.15. The molecule has 0 aromatic carbocycles. The van der Waals surface area contributed by atoms with Gasteiger partial charge in [-0.25, -0.2) is 14.0 Å². The molecule has 2 aliphatic rings. The number of urea groups is 1. The van der Waals surface area contributed by atoms with E-state index >= 15 is 0 Å². The Morgan fingerprint density at radius 3 is 2.79 bits per heavy atom. The number of nitrogens with one attached hydrogen (secondary N) is 1. The number of hydrogen-bond acceptors (Lipinski definition) is 6. The molecule has 0 spiro atoms. The van der Waals surface area contributed by atoms with Gasteiger partial charge in [-0.15, -0.1) is 15.7 Å². The average Bonchev–Trinajstić information content (AvgIpc) is 3.14. The molecule has 1 atom stereocenters. The zero-order valence-electron chi connectivity index (χ0n) is 16.2. The Hall–Kier alpha value is -1.84. The van der Waals surface area contributed by atoms with E-state index in [-0.39, 0.29) is 0 Å². The highest BCUT2D eigenvalue weighted by Crippen LogP contribution is 2.44. The lowest BCUT2D eigenvalue weighted by Crippen LogP contribution is -2.14. The van der Waals surface area contributed by atoms with Gasteiger partial charge in [0, 0.05) is 17.3 Å². The molecule has 7 nitrogen and oxygen atoms in total. The van der Waals surface area contributed by atoms with Crippen LogP contribution in [-0.2, 0) is 29.0 Å². The van der Waals surface area contributed by atoms with Crippen LogP contribution >= 0.6 is 11.3 Å². The van der Waals surface area contributed by atoms with Crippen molar-refractivity contribution in [3.8, 4) is 0 Å². The number of fused-ring (bicyclic) bond motifs is 1. The number of anilines is 1. The second-order valence-corrected chi connectivity index (χ2v) is 10.5. The van der Waals surface area contributed by atoms with Crippen LogP contribution < -0.4 is 5.32 Å². The Balaban J connectivity index is 1.60. The Morgan fingerprint density at radius 1 is 1.39 bits per heavy atom. The molecule has 1 unspecified atom stereocenters. The highest BCUT2D eigenvalue weighted by molar-refractivity contribution is 7.78. The zero-order chi connectivity index (χ0) is 20.1. The van der Waals surface area contributed by atoms with Gasteiger partial charge in [-0.3, -0.25) is 4.98 Å². The lowest BCUT2D eigenvalue weighted by atomic mass is 10.0.